The average Bonchev–Trinajstić information content (AvgIpc) is 2.61. The Morgan fingerprint density at radius 3 is 2.89 bits per heavy atom. The summed E-state index contributed by atoms with van der Waals surface area (Å²) in [5.41, 5.74) is 4.37. The quantitative estimate of drug-likeness (QED) is 0.601. The molecule has 0 bridgehead atoms. The van der Waals surface area contributed by atoms with Crippen molar-refractivity contribution in [1.82, 2.24) is 9.55 Å². The number of anilines is 1. The van der Waals surface area contributed by atoms with Gasteiger partial charge in [-0.15, -0.1) is 0 Å². The van der Waals surface area contributed by atoms with E-state index in [0.717, 1.165) is 10.8 Å². The fourth-order valence-electron chi connectivity index (χ4n) is 1.72. The lowest BCUT2D eigenvalue weighted by Crippen LogP contribution is -2.33. The van der Waals surface area contributed by atoms with E-state index < -0.39 is 47.2 Å². The van der Waals surface area contributed by atoms with Crippen LogP contribution in [0.2, 0.25) is 0 Å². The number of nitrogen functional groups attached to an aromatic ring is 1. The van der Waals surface area contributed by atoms with Gasteiger partial charge in [0.1, 0.15) is 6.10 Å². The third-order valence-corrected chi connectivity index (χ3v) is 3.68. The van der Waals surface area contributed by atoms with Gasteiger partial charge < -0.3 is 20.7 Å². The third-order valence-electron chi connectivity index (χ3n) is 2.68. The lowest BCUT2D eigenvalue weighted by molar-refractivity contribution is -0.0458. The molecule has 0 aliphatic carbocycles. The van der Waals surface area contributed by atoms with Gasteiger partial charge >= 0.3 is 5.69 Å². The molecule has 0 saturated carbocycles. The van der Waals surface area contributed by atoms with E-state index >= 15 is 0 Å². The summed E-state index contributed by atoms with van der Waals surface area (Å²) in [5, 5.41) is 18.7. The number of nitrogens with two attached hydrogens (primary N) is 1. The van der Waals surface area contributed by atoms with E-state index in [-0.39, 0.29) is 0 Å². The van der Waals surface area contributed by atoms with Crippen molar-refractivity contribution in [3.63, 3.8) is 0 Å². The van der Waals surface area contributed by atoms with Crippen molar-refractivity contribution in [2.24, 2.45) is 0 Å². The Bertz CT molecular complexity index is 511. The molecule has 1 aliphatic rings. The highest BCUT2D eigenvalue weighted by Gasteiger charge is 2.43. The number of hydrogen-bond acceptors (Lipinski definition) is 6. The Labute approximate surface area is 109 Å². The second-order valence-electron chi connectivity index (χ2n) is 3.85. The first kappa shape index (κ1) is 13.4. The van der Waals surface area contributed by atoms with Gasteiger partial charge in [-0.3, -0.25) is 4.57 Å². The Hall–Kier alpha value is -1.03. The van der Waals surface area contributed by atoms with Gasteiger partial charge in [0.2, 0.25) is 0 Å². The van der Waals surface area contributed by atoms with E-state index in [2.05, 4.69) is 20.9 Å². The van der Waals surface area contributed by atoms with Crippen LogP contribution in [0.3, 0.4) is 0 Å². The largest absolute Gasteiger partial charge is 0.394 e. The molecule has 2 heterocycles. The number of alkyl halides is 1. The Balaban J connectivity index is 2.39. The highest BCUT2D eigenvalue weighted by Crippen LogP contribution is 2.33. The Kier molecular flexibility index (Phi) is 3.66. The van der Waals surface area contributed by atoms with Crippen molar-refractivity contribution < 1.29 is 19.3 Å². The molecule has 1 saturated heterocycles. The van der Waals surface area contributed by atoms with Gasteiger partial charge in [-0.05, 0) is 0 Å². The topological polar surface area (TPSA) is 111 Å². The minimum Gasteiger partial charge on any atom is -0.394 e. The maximum absolute atomic E-state index is 13.3. The minimum absolute atomic E-state index is 0.417. The molecule has 0 unspecified atom stereocenters. The van der Waals surface area contributed by atoms with Gasteiger partial charge in [-0.2, -0.15) is 4.98 Å². The SMILES string of the molecule is Nc1nc(=O)n([C@@H]2O[C@H](CO)[C@@H](O)[C@H]2Br)cc1F. The number of aliphatic hydroxyl groups is 2. The van der Waals surface area contributed by atoms with Gasteiger partial charge in [0.05, 0.1) is 23.7 Å². The molecule has 0 spiro atoms. The normalized spacial score (nSPS) is 31.8. The summed E-state index contributed by atoms with van der Waals surface area (Å²) in [6, 6.07) is 0. The zero-order valence-corrected chi connectivity index (χ0v) is 10.6. The van der Waals surface area contributed by atoms with Crippen molar-refractivity contribution in [2.45, 2.75) is 23.3 Å². The lowest BCUT2D eigenvalue weighted by Gasteiger charge is -2.16. The van der Waals surface area contributed by atoms with Gasteiger partial charge in [0.15, 0.2) is 17.9 Å². The standard InChI is InChI=1S/C9H11BrFN3O4/c10-5-6(16)4(2-15)18-8(5)14-1-3(11)7(12)13-9(14)17/h1,4-6,8,15-16H,2H2,(H2,12,13,17)/t4-,5-,6-,8-/m1/s1. The van der Waals surface area contributed by atoms with Gasteiger partial charge in [-0.1, -0.05) is 15.9 Å². The summed E-state index contributed by atoms with van der Waals surface area (Å²) in [6.07, 6.45) is -1.98. The van der Waals surface area contributed by atoms with Crippen molar-refractivity contribution >= 4 is 21.7 Å². The molecule has 0 aromatic carbocycles. The monoisotopic (exact) mass is 323 g/mol. The number of nitrogens with zero attached hydrogens (tertiary/aromatic N) is 2. The van der Waals surface area contributed by atoms with Crippen LogP contribution < -0.4 is 11.4 Å². The second kappa shape index (κ2) is 4.92. The Morgan fingerprint density at radius 2 is 2.33 bits per heavy atom. The zero-order chi connectivity index (χ0) is 13.4. The maximum Gasteiger partial charge on any atom is 0.351 e. The molecule has 7 nitrogen and oxygen atoms in total. The number of halogens is 2. The van der Waals surface area contributed by atoms with Crippen LogP contribution in [0.1, 0.15) is 6.23 Å². The lowest BCUT2D eigenvalue weighted by atomic mass is 10.2. The molecule has 1 fully saturated rings. The summed E-state index contributed by atoms with van der Waals surface area (Å²) in [4.78, 5) is 14.2. The van der Waals surface area contributed by atoms with E-state index in [9.17, 15) is 14.3 Å². The molecule has 0 amide bonds. The first-order valence-electron chi connectivity index (χ1n) is 5.08. The molecule has 1 aliphatic heterocycles. The smallest absolute Gasteiger partial charge is 0.351 e. The van der Waals surface area contributed by atoms with Crippen LogP contribution in [-0.4, -0.2) is 43.4 Å². The molecule has 4 atom stereocenters. The molecule has 0 radical (unpaired) electrons. The predicted molar refractivity (Wildman–Crippen MR) is 62.6 cm³/mol. The number of aliphatic hydroxyl groups excluding tert-OH is 2. The van der Waals surface area contributed by atoms with E-state index in [1.807, 2.05) is 0 Å². The number of rotatable bonds is 2. The first-order valence-corrected chi connectivity index (χ1v) is 6.00. The van der Waals surface area contributed by atoms with Crippen molar-refractivity contribution in [3.05, 3.63) is 22.5 Å². The van der Waals surface area contributed by atoms with Crippen LogP contribution in [0, 0.1) is 5.82 Å². The van der Waals surface area contributed by atoms with Gasteiger partial charge in [0, 0.05) is 0 Å². The first-order chi connectivity index (χ1) is 8.45. The van der Waals surface area contributed by atoms with Crippen LogP contribution in [0.5, 0.6) is 0 Å². The van der Waals surface area contributed by atoms with Crippen LogP contribution >= 0.6 is 15.9 Å². The van der Waals surface area contributed by atoms with E-state index in [1.165, 1.54) is 0 Å². The second-order valence-corrected chi connectivity index (χ2v) is 4.90. The Morgan fingerprint density at radius 1 is 1.67 bits per heavy atom. The maximum atomic E-state index is 13.3. The molecule has 2 rings (SSSR count). The van der Waals surface area contributed by atoms with Crippen molar-refractivity contribution in [3.8, 4) is 0 Å². The van der Waals surface area contributed by atoms with Crippen molar-refractivity contribution in [1.29, 1.82) is 0 Å². The fraction of sp³-hybridized carbons (Fsp3) is 0.556. The number of aromatic nitrogens is 2. The van der Waals surface area contributed by atoms with E-state index in [1.54, 1.807) is 0 Å². The van der Waals surface area contributed by atoms with Gasteiger partial charge in [0.25, 0.3) is 0 Å². The average molecular weight is 324 g/mol. The summed E-state index contributed by atoms with van der Waals surface area (Å²) >= 11 is 3.14. The molecular formula is C9H11BrFN3O4. The molecule has 1 aromatic heterocycles. The molecule has 18 heavy (non-hydrogen) atoms. The van der Waals surface area contributed by atoms with Crippen LogP contribution in [0.25, 0.3) is 0 Å². The molecule has 9 heteroatoms. The van der Waals surface area contributed by atoms with Crippen LogP contribution in [0.15, 0.2) is 11.0 Å². The summed E-state index contributed by atoms with van der Waals surface area (Å²) in [5.74, 6) is -1.36. The zero-order valence-electron chi connectivity index (χ0n) is 9.03. The molecule has 1 aromatic rings. The number of hydrogen-bond donors (Lipinski definition) is 3. The predicted octanol–water partition coefficient (Wildman–Crippen LogP) is -1.02. The molecule has 4 N–H and O–H groups in total. The third kappa shape index (κ3) is 2.14. The highest BCUT2D eigenvalue weighted by atomic mass is 79.9. The van der Waals surface area contributed by atoms with E-state index in [0.29, 0.717) is 0 Å². The van der Waals surface area contributed by atoms with Crippen LogP contribution in [-0.2, 0) is 4.74 Å². The molecule has 100 valence electrons. The van der Waals surface area contributed by atoms with E-state index in [4.69, 9.17) is 15.6 Å². The summed E-state index contributed by atoms with van der Waals surface area (Å²) in [6.45, 7) is -0.417. The summed E-state index contributed by atoms with van der Waals surface area (Å²) < 4.78 is 19.4. The minimum atomic E-state index is -1.02. The van der Waals surface area contributed by atoms with Gasteiger partial charge in [-0.25, -0.2) is 9.18 Å². The van der Waals surface area contributed by atoms with Crippen molar-refractivity contribution in [2.75, 3.05) is 12.3 Å². The number of ether oxygens (including phenoxy) is 1. The highest BCUT2D eigenvalue weighted by molar-refractivity contribution is 9.09. The molecular weight excluding hydrogens is 313 g/mol. The van der Waals surface area contributed by atoms with Crippen LogP contribution in [0.4, 0.5) is 10.2 Å². The summed E-state index contributed by atoms with van der Waals surface area (Å²) in [7, 11) is 0. The fourth-order valence-corrected chi connectivity index (χ4v) is 2.44.